The van der Waals surface area contributed by atoms with E-state index in [2.05, 4.69) is 9.78 Å². The minimum Gasteiger partial charge on any atom is -0.324 e. The van der Waals surface area contributed by atoms with E-state index in [-0.39, 0.29) is 0 Å². The Morgan fingerprint density at radius 1 is 1.62 bits per heavy atom. The van der Waals surface area contributed by atoms with Gasteiger partial charge in [0, 0.05) is 0 Å². The lowest BCUT2D eigenvalue weighted by Crippen LogP contribution is -2.06. The lowest BCUT2D eigenvalue weighted by molar-refractivity contribution is -0.214. The Morgan fingerprint density at radius 3 is 2.88 bits per heavy atom. The molecule has 0 unspecified atom stereocenters. The molecule has 3 nitrogen and oxygen atoms in total. The van der Waals surface area contributed by atoms with E-state index < -0.39 is 0 Å². The molecule has 0 atom stereocenters. The van der Waals surface area contributed by atoms with Gasteiger partial charge in [0.1, 0.15) is 6.26 Å². The molecule has 44 valence electrons. The Hall–Kier alpha value is -0.960. The molecule has 0 bridgehead atoms. The SMILES string of the molecule is NCC1=CC=COO1. The fraction of sp³-hybridized carbons (Fsp3) is 0.200. The maximum absolute atomic E-state index is 5.20. The minimum atomic E-state index is 0.379. The van der Waals surface area contributed by atoms with Gasteiger partial charge in [0.05, 0.1) is 6.54 Å². The van der Waals surface area contributed by atoms with Crippen molar-refractivity contribution in [1.82, 2.24) is 0 Å². The van der Waals surface area contributed by atoms with Crippen LogP contribution in [-0.2, 0) is 9.78 Å². The van der Waals surface area contributed by atoms with E-state index in [4.69, 9.17) is 5.73 Å². The summed E-state index contributed by atoms with van der Waals surface area (Å²) in [4.78, 5) is 9.02. The summed E-state index contributed by atoms with van der Waals surface area (Å²) in [6, 6.07) is 0. The van der Waals surface area contributed by atoms with Crippen LogP contribution in [0.15, 0.2) is 24.2 Å². The van der Waals surface area contributed by atoms with Crippen molar-refractivity contribution in [2.45, 2.75) is 0 Å². The molecule has 1 aliphatic rings. The highest BCUT2D eigenvalue weighted by Gasteiger charge is 1.95. The summed E-state index contributed by atoms with van der Waals surface area (Å²) in [5, 5.41) is 0. The number of nitrogens with two attached hydrogens (primary N) is 1. The molecular weight excluding hydrogens is 106 g/mol. The number of allylic oxidation sites excluding steroid dienone is 2. The fourth-order valence-electron chi connectivity index (χ4n) is 0.398. The molecule has 0 saturated carbocycles. The van der Waals surface area contributed by atoms with Crippen molar-refractivity contribution in [1.29, 1.82) is 0 Å². The van der Waals surface area contributed by atoms with E-state index in [1.165, 1.54) is 6.26 Å². The lowest BCUT2D eigenvalue weighted by atomic mass is 10.4. The number of rotatable bonds is 1. The molecular formula is C5H7NO2. The van der Waals surface area contributed by atoms with Gasteiger partial charge in [-0.05, 0) is 12.2 Å². The maximum Gasteiger partial charge on any atom is 0.169 e. The second-order valence-corrected chi connectivity index (χ2v) is 1.35. The summed E-state index contributed by atoms with van der Waals surface area (Å²) in [7, 11) is 0. The van der Waals surface area contributed by atoms with Crippen molar-refractivity contribution in [3.8, 4) is 0 Å². The molecule has 1 rings (SSSR count). The van der Waals surface area contributed by atoms with Crippen molar-refractivity contribution in [2.75, 3.05) is 6.54 Å². The van der Waals surface area contributed by atoms with Crippen LogP contribution >= 0.6 is 0 Å². The Morgan fingerprint density at radius 2 is 2.50 bits per heavy atom. The predicted octanol–water partition coefficient (Wildman–Crippen LogP) is 0.305. The number of hydrogen-bond acceptors (Lipinski definition) is 3. The minimum absolute atomic E-state index is 0.379. The molecule has 1 aliphatic heterocycles. The van der Waals surface area contributed by atoms with Crippen molar-refractivity contribution in [3.63, 3.8) is 0 Å². The Bertz CT molecular complexity index is 128. The predicted molar refractivity (Wildman–Crippen MR) is 28.4 cm³/mol. The van der Waals surface area contributed by atoms with Gasteiger partial charge in [-0.1, -0.05) is 0 Å². The van der Waals surface area contributed by atoms with Crippen molar-refractivity contribution < 1.29 is 9.78 Å². The molecule has 0 aromatic heterocycles. The first-order chi connectivity index (χ1) is 3.93. The van der Waals surface area contributed by atoms with Gasteiger partial charge in [-0.25, -0.2) is 0 Å². The normalized spacial score (nSPS) is 16.4. The summed E-state index contributed by atoms with van der Waals surface area (Å²) in [6.45, 7) is 0.379. The molecule has 1 heterocycles. The topological polar surface area (TPSA) is 44.5 Å². The Labute approximate surface area is 47.3 Å². The zero-order chi connectivity index (χ0) is 5.82. The Balaban J connectivity index is 2.50. The van der Waals surface area contributed by atoms with Gasteiger partial charge in [-0.2, -0.15) is 0 Å². The number of hydrogen-bond donors (Lipinski definition) is 1. The third-order valence-electron chi connectivity index (χ3n) is 0.773. The van der Waals surface area contributed by atoms with Crippen molar-refractivity contribution in [3.05, 3.63) is 24.2 Å². The van der Waals surface area contributed by atoms with Gasteiger partial charge in [0.25, 0.3) is 0 Å². The van der Waals surface area contributed by atoms with Crippen LogP contribution in [0, 0.1) is 0 Å². The Kier molecular flexibility index (Phi) is 1.54. The van der Waals surface area contributed by atoms with E-state index in [0.29, 0.717) is 12.3 Å². The van der Waals surface area contributed by atoms with E-state index in [1.54, 1.807) is 12.2 Å². The summed E-state index contributed by atoms with van der Waals surface area (Å²) in [5.41, 5.74) is 5.20. The first-order valence-electron chi connectivity index (χ1n) is 2.32. The average Bonchev–Trinajstić information content (AvgIpc) is 1.90. The molecule has 8 heavy (non-hydrogen) atoms. The first-order valence-corrected chi connectivity index (χ1v) is 2.32. The zero-order valence-corrected chi connectivity index (χ0v) is 4.33. The molecule has 0 aromatic rings. The van der Waals surface area contributed by atoms with Crippen LogP contribution in [0.3, 0.4) is 0 Å². The van der Waals surface area contributed by atoms with E-state index in [1.807, 2.05) is 0 Å². The second-order valence-electron chi connectivity index (χ2n) is 1.35. The summed E-state index contributed by atoms with van der Waals surface area (Å²) < 4.78 is 0. The highest BCUT2D eigenvalue weighted by molar-refractivity contribution is 5.07. The van der Waals surface area contributed by atoms with E-state index in [9.17, 15) is 0 Å². The lowest BCUT2D eigenvalue weighted by Gasteiger charge is -2.05. The van der Waals surface area contributed by atoms with Crippen LogP contribution < -0.4 is 5.73 Å². The quantitative estimate of drug-likeness (QED) is 0.497. The van der Waals surface area contributed by atoms with Crippen LogP contribution in [0.5, 0.6) is 0 Å². The second kappa shape index (κ2) is 2.37. The van der Waals surface area contributed by atoms with Gasteiger partial charge in [0.15, 0.2) is 5.76 Å². The van der Waals surface area contributed by atoms with Crippen molar-refractivity contribution >= 4 is 0 Å². The standard InChI is InChI=1S/C5H7NO2/c6-4-5-2-1-3-7-8-5/h1-3H,4,6H2. The van der Waals surface area contributed by atoms with Crippen LogP contribution in [-0.4, -0.2) is 6.54 Å². The maximum atomic E-state index is 5.20. The van der Waals surface area contributed by atoms with Gasteiger partial charge in [-0.15, -0.1) is 0 Å². The van der Waals surface area contributed by atoms with Crippen LogP contribution in [0.25, 0.3) is 0 Å². The first kappa shape index (κ1) is 5.18. The molecule has 0 fully saturated rings. The third-order valence-corrected chi connectivity index (χ3v) is 0.773. The fourth-order valence-corrected chi connectivity index (χ4v) is 0.398. The molecule has 0 amide bonds. The average molecular weight is 113 g/mol. The third kappa shape index (κ3) is 1.01. The van der Waals surface area contributed by atoms with Gasteiger partial charge in [0.2, 0.25) is 0 Å². The monoisotopic (exact) mass is 113 g/mol. The summed E-state index contributed by atoms with van der Waals surface area (Å²) >= 11 is 0. The van der Waals surface area contributed by atoms with Crippen LogP contribution in [0.1, 0.15) is 0 Å². The summed E-state index contributed by atoms with van der Waals surface area (Å²) in [5.74, 6) is 0.646. The van der Waals surface area contributed by atoms with Gasteiger partial charge < -0.3 is 5.73 Å². The molecule has 3 heteroatoms. The van der Waals surface area contributed by atoms with Gasteiger partial charge >= 0.3 is 0 Å². The van der Waals surface area contributed by atoms with Crippen LogP contribution in [0.2, 0.25) is 0 Å². The molecule has 2 N–H and O–H groups in total. The highest BCUT2D eigenvalue weighted by atomic mass is 17.2. The zero-order valence-electron chi connectivity index (χ0n) is 4.33. The molecule has 0 aliphatic carbocycles. The highest BCUT2D eigenvalue weighted by Crippen LogP contribution is 2.01. The largest absolute Gasteiger partial charge is 0.324 e. The summed E-state index contributed by atoms with van der Waals surface area (Å²) in [6.07, 6.45) is 4.92. The van der Waals surface area contributed by atoms with Crippen molar-refractivity contribution in [2.24, 2.45) is 5.73 Å². The smallest absolute Gasteiger partial charge is 0.169 e. The van der Waals surface area contributed by atoms with E-state index in [0.717, 1.165) is 0 Å². The van der Waals surface area contributed by atoms with Gasteiger partial charge in [-0.3, -0.25) is 9.78 Å². The molecule has 0 radical (unpaired) electrons. The molecule has 0 saturated heterocycles. The van der Waals surface area contributed by atoms with E-state index >= 15 is 0 Å². The molecule has 0 aromatic carbocycles. The van der Waals surface area contributed by atoms with Crippen LogP contribution in [0.4, 0.5) is 0 Å². The molecule has 0 spiro atoms.